The van der Waals surface area contributed by atoms with Gasteiger partial charge < -0.3 is 15.6 Å². The molecule has 5 rings (SSSR count). The van der Waals surface area contributed by atoms with Gasteiger partial charge in [0.2, 0.25) is 0 Å². The Morgan fingerprint density at radius 3 is 2.28 bits per heavy atom. The standard InChI is InChI=1S/C34H53NO4/c1-18(2)22-9-10-23(15-22)29(20(4)36)30-25-16-26(35)31-32(6)13-12-27(38)19(3)24(32)11-14-33(31,7)34(25,8)17-28(30)39-21(5)37/h19,23-28,31,38H,9-17,35H2,1-8H3/b30-29+/t19-,23?,24-,25-,26+,27+,28-,31-,32-,33-,34-/m0/s1. The number of fused-ring (bicyclic) bond motifs is 5. The lowest BCUT2D eigenvalue weighted by Crippen LogP contribution is -2.67. The number of allylic oxidation sites excluding steroid dienone is 3. The van der Waals surface area contributed by atoms with E-state index in [1.165, 1.54) is 18.1 Å². The van der Waals surface area contributed by atoms with Crippen LogP contribution in [0.4, 0.5) is 0 Å². The lowest BCUT2D eigenvalue weighted by atomic mass is 9.36. The van der Waals surface area contributed by atoms with E-state index in [2.05, 4.69) is 41.5 Å². The lowest BCUT2D eigenvalue weighted by Gasteiger charge is -2.69. The molecule has 5 fully saturated rings. The summed E-state index contributed by atoms with van der Waals surface area (Å²) in [6.07, 6.45) is 8.01. The molecule has 5 aliphatic carbocycles. The Morgan fingerprint density at radius 2 is 1.69 bits per heavy atom. The second-order valence-corrected chi connectivity index (χ2v) is 15.2. The minimum absolute atomic E-state index is 0.0134. The molecule has 39 heavy (non-hydrogen) atoms. The number of rotatable bonds is 3. The molecule has 0 bridgehead atoms. The third-order valence-corrected chi connectivity index (χ3v) is 13.2. The Morgan fingerprint density at radius 1 is 1.00 bits per heavy atom. The van der Waals surface area contributed by atoms with Crippen molar-refractivity contribution in [2.75, 3.05) is 0 Å². The highest BCUT2D eigenvalue weighted by Crippen LogP contribution is 2.74. The summed E-state index contributed by atoms with van der Waals surface area (Å²) in [4.78, 5) is 25.9. The number of ether oxygens (including phenoxy) is 1. The summed E-state index contributed by atoms with van der Waals surface area (Å²) in [5.41, 5.74) is 12.1. The lowest BCUT2D eigenvalue weighted by molar-refractivity contribution is -0.204. The Balaban J connectivity index is 1.63. The number of carbonyl (C=O) groups is 2. The van der Waals surface area contributed by atoms with Crippen molar-refractivity contribution in [1.82, 2.24) is 0 Å². The van der Waals surface area contributed by atoms with Gasteiger partial charge in [-0.05, 0) is 130 Å². The highest BCUT2D eigenvalue weighted by Gasteiger charge is 2.70. The van der Waals surface area contributed by atoms with Crippen LogP contribution in [0, 0.1) is 45.8 Å². The summed E-state index contributed by atoms with van der Waals surface area (Å²) in [7, 11) is 0. The molecular weight excluding hydrogens is 486 g/mol. The van der Waals surface area contributed by atoms with Gasteiger partial charge in [0.25, 0.3) is 0 Å². The highest BCUT2D eigenvalue weighted by atomic mass is 16.5. The predicted molar refractivity (Wildman–Crippen MR) is 155 cm³/mol. The van der Waals surface area contributed by atoms with Crippen LogP contribution in [0.3, 0.4) is 0 Å². The maximum Gasteiger partial charge on any atom is 0.303 e. The van der Waals surface area contributed by atoms with Gasteiger partial charge in [-0.15, -0.1) is 0 Å². The van der Waals surface area contributed by atoms with Crippen LogP contribution in [0.25, 0.3) is 0 Å². The maximum atomic E-state index is 13.5. The van der Waals surface area contributed by atoms with Crippen molar-refractivity contribution in [2.45, 2.75) is 131 Å². The minimum Gasteiger partial charge on any atom is -0.458 e. The summed E-state index contributed by atoms with van der Waals surface area (Å²) in [5.74, 6) is 1.29. The first-order chi connectivity index (χ1) is 18.2. The normalized spacial score (nSPS) is 48.6. The minimum atomic E-state index is -0.354. The van der Waals surface area contributed by atoms with Crippen LogP contribution in [0.1, 0.15) is 113 Å². The zero-order chi connectivity index (χ0) is 28.7. The first-order valence-corrected chi connectivity index (χ1v) is 15.7. The Hall–Kier alpha value is -1.46. The number of hydrogen-bond donors (Lipinski definition) is 2. The molecule has 5 aliphatic rings. The fourth-order valence-electron chi connectivity index (χ4n) is 11.3. The van der Waals surface area contributed by atoms with E-state index < -0.39 is 0 Å². The molecule has 11 atom stereocenters. The number of esters is 1. The Bertz CT molecular complexity index is 1100. The van der Waals surface area contributed by atoms with Gasteiger partial charge in [0.05, 0.1) is 6.10 Å². The summed E-state index contributed by atoms with van der Waals surface area (Å²) >= 11 is 0. The SMILES string of the molecule is CC(=O)O[C@H]1C[C@@]2(C)[C@@H](C[C@@H](N)[C@H]3[C@@]4(C)CC[C@@H](O)[C@@H](C)[C@@H]4CC[C@@]32C)/C1=C(/C(C)=O)C1CCC(=C(C)C)C1. The summed E-state index contributed by atoms with van der Waals surface area (Å²) in [6, 6.07) is 0.0134. The van der Waals surface area contributed by atoms with E-state index >= 15 is 0 Å². The second-order valence-electron chi connectivity index (χ2n) is 15.2. The molecule has 0 heterocycles. The van der Waals surface area contributed by atoms with Crippen molar-refractivity contribution < 1.29 is 19.4 Å². The van der Waals surface area contributed by atoms with Crippen LogP contribution in [-0.4, -0.2) is 35.1 Å². The monoisotopic (exact) mass is 539 g/mol. The molecule has 5 nitrogen and oxygen atoms in total. The average Bonchev–Trinajstić information content (AvgIpc) is 3.41. The molecule has 1 unspecified atom stereocenters. The predicted octanol–water partition coefficient (Wildman–Crippen LogP) is 6.53. The van der Waals surface area contributed by atoms with E-state index in [0.29, 0.717) is 11.8 Å². The van der Waals surface area contributed by atoms with Gasteiger partial charge in [0, 0.05) is 18.5 Å². The first kappa shape index (κ1) is 29.0. The Kier molecular flexibility index (Phi) is 7.32. The van der Waals surface area contributed by atoms with Crippen molar-refractivity contribution in [3.05, 3.63) is 22.3 Å². The second kappa shape index (κ2) is 9.82. The molecule has 0 saturated heterocycles. The van der Waals surface area contributed by atoms with E-state index in [4.69, 9.17) is 10.5 Å². The molecule has 0 aromatic carbocycles. The van der Waals surface area contributed by atoms with Gasteiger partial charge in [-0.3, -0.25) is 9.59 Å². The number of Topliss-reactive ketones (excluding diaryl/α,β-unsaturated/α-hetero) is 1. The molecule has 218 valence electrons. The summed E-state index contributed by atoms with van der Waals surface area (Å²) in [5, 5.41) is 10.8. The maximum absolute atomic E-state index is 13.5. The van der Waals surface area contributed by atoms with Gasteiger partial charge in [-0.1, -0.05) is 38.8 Å². The molecule has 0 aromatic rings. The van der Waals surface area contributed by atoms with Crippen molar-refractivity contribution in [3.8, 4) is 0 Å². The third-order valence-electron chi connectivity index (χ3n) is 13.2. The van der Waals surface area contributed by atoms with Crippen molar-refractivity contribution in [1.29, 1.82) is 0 Å². The number of ketones is 1. The van der Waals surface area contributed by atoms with Crippen molar-refractivity contribution in [2.24, 2.45) is 51.6 Å². The van der Waals surface area contributed by atoms with Crippen LogP contribution < -0.4 is 5.73 Å². The number of hydrogen-bond acceptors (Lipinski definition) is 5. The molecule has 0 aromatic heterocycles. The van der Waals surface area contributed by atoms with Crippen molar-refractivity contribution >= 4 is 11.8 Å². The van der Waals surface area contributed by atoms with E-state index in [1.54, 1.807) is 6.92 Å². The number of aliphatic hydroxyl groups excluding tert-OH is 1. The van der Waals surface area contributed by atoms with Gasteiger partial charge >= 0.3 is 5.97 Å². The molecule has 0 aliphatic heterocycles. The third kappa shape index (κ3) is 4.23. The largest absolute Gasteiger partial charge is 0.458 e. The van der Waals surface area contributed by atoms with Crippen LogP contribution in [-0.2, 0) is 14.3 Å². The molecule has 0 amide bonds. The highest BCUT2D eigenvalue weighted by molar-refractivity contribution is 5.95. The van der Waals surface area contributed by atoms with Crippen molar-refractivity contribution in [3.63, 3.8) is 0 Å². The average molecular weight is 540 g/mol. The number of aliphatic hydroxyl groups is 1. The van der Waals surface area contributed by atoms with Gasteiger partial charge in [0.15, 0.2) is 5.78 Å². The van der Waals surface area contributed by atoms with Gasteiger partial charge in [-0.2, -0.15) is 0 Å². The van der Waals surface area contributed by atoms with Crippen LogP contribution in [0.5, 0.6) is 0 Å². The molecule has 3 N–H and O–H groups in total. The summed E-state index contributed by atoms with van der Waals surface area (Å²) < 4.78 is 6.13. The van der Waals surface area contributed by atoms with E-state index in [1.807, 2.05) is 0 Å². The van der Waals surface area contributed by atoms with E-state index in [9.17, 15) is 14.7 Å². The Labute approximate surface area is 236 Å². The number of nitrogens with two attached hydrogens (primary N) is 1. The number of carbonyl (C=O) groups excluding carboxylic acids is 2. The fourth-order valence-corrected chi connectivity index (χ4v) is 11.3. The molecule has 0 spiro atoms. The molecule has 0 radical (unpaired) electrons. The van der Waals surface area contributed by atoms with Crippen LogP contribution in [0.15, 0.2) is 22.3 Å². The fraction of sp³-hybridized carbons (Fsp3) is 0.824. The molecule has 5 saturated carbocycles. The first-order valence-electron chi connectivity index (χ1n) is 15.7. The zero-order valence-corrected chi connectivity index (χ0v) is 25.7. The van der Waals surface area contributed by atoms with Crippen LogP contribution >= 0.6 is 0 Å². The molecule has 5 heteroatoms. The van der Waals surface area contributed by atoms with E-state index in [0.717, 1.165) is 68.9 Å². The molecular formula is C34H53NO4. The smallest absolute Gasteiger partial charge is 0.303 e. The van der Waals surface area contributed by atoms with Crippen LogP contribution in [0.2, 0.25) is 0 Å². The topological polar surface area (TPSA) is 89.6 Å². The zero-order valence-electron chi connectivity index (χ0n) is 25.7. The summed E-state index contributed by atoms with van der Waals surface area (Å²) in [6.45, 7) is 17.2. The van der Waals surface area contributed by atoms with E-state index in [-0.39, 0.29) is 64.0 Å². The van der Waals surface area contributed by atoms with Gasteiger partial charge in [0.1, 0.15) is 6.10 Å². The quantitative estimate of drug-likeness (QED) is 0.242. The van der Waals surface area contributed by atoms with Gasteiger partial charge in [-0.25, -0.2) is 0 Å².